The topological polar surface area (TPSA) is 34.6 Å². The standard InChI is InChI=1S/C22H24N2O2S/c1-25-20-10-11-21(26-2)17(12-20)13-24(19-8-9-19)14-18-15-27-22(23-18)16-6-4-3-5-7-16/h3-7,10-12,15,19H,8-9,13-14H2,1-2H3. The molecule has 1 saturated carbocycles. The number of ether oxygens (including phenoxy) is 2. The van der Waals surface area contributed by atoms with Gasteiger partial charge in [0.15, 0.2) is 0 Å². The van der Waals surface area contributed by atoms with Crippen LogP contribution in [0.1, 0.15) is 24.1 Å². The van der Waals surface area contributed by atoms with E-state index in [-0.39, 0.29) is 0 Å². The molecular formula is C22H24N2O2S. The largest absolute Gasteiger partial charge is 0.497 e. The van der Waals surface area contributed by atoms with Crippen LogP contribution in [0.5, 0.6) is 11.5 Å². The first-order chi connectivity index (χ1) is 13.3. The smallest absolute Gasteiger partial charge is 0.123 e. The summed E-state index contributed by atoms with van der Waals surface area (Å²) >= 11 is 1.71. The molecule has 140 valence electrons. The number of hydrogen-bond donors (Lipinski definition) is 0. The maximum Gasteiger partial charge on any atom is 0.123 e. The zero-order valence-electron chi connectivity index (χ0n) is 15.7. The maximum absolute atomic E-state index is 5.56. The van der Waals surface area contributed by atoms with Gasteiger partial charge in [-0.25, -0.2) is 4.98 Å². The molecule has 4 nitrogen and oxygen atoms in total. The van der Waals surface area contributed by atoms with Crippen molar-refractivity contribution in [1.82, 2.24) is 9.88 Å². The fourth-order valence-electron chi connectivity index (χ4n) is 3.28. The van der Waals surface area contributed by atoms with Gasteiger partial charge in [-0.05, 0) is 31.0 Å². The number of methoxy groups -OCH3 is 2. The molecule has 0 N–H and O–H groups in total. The number of aromatic nitrogens is 1. The Morgan fingerprint density at radius 2 is 1.85 bits per heavy atom. The Morgan fingerprint density at radius 1 is 1.04 bits per heavy atom. The molecule has 1 aromatic heterocycles. The second kappa shape index (κ2) is 8.11. The molecule has 0 bridgehead atoms. The zero-order valence-corrected chi connectivity index (χ0v) is 16.5. The number of thiazole rings is 1. The second-order valence-electron chi connectivity index (χ2n) is 6.82. The lowest BCUT2D eigenvalue weighted by Crippen LogP contribution is -2.25. The van der Waals surface area contributed by atoms with E-state index >= 15 is 0 Å². The van der Waals surface area contributed by atoms with Crippen LogP contribution in [0, 0.1) is 0 Å². The predicted octanol–water partition coefficient (Wildman–Crippen LogP) is 4.99. The molecule has 0 spiro atoms. The lowest BCUT2D eigenvalue weighted by atomic mass is 10.1. The van der Waals surface area contributed by atoms with Crippen LogP contribution in [-0.4, -0.2) is 30.1 Å². The van der Waals surface area contributed by atoms with Crippen molar-refractivity contribution in [2.75, 3.05) is 14.2 Å². The molecule has 2 aromatic carbocycles. The molecule has 0 unspecified atom stereocenters. The lowest BCUT2D eigenvalue weighted by Gasteiger charge is -2.22. The summed E-state index contributed by atoms with van der Waals surface area (Å²) in [4.78, 5) is 7.37. The van der Waals surface area contributed by atoms with Crippen molar-refractivity contribution < 1.29 is 9.47 Å². The Balaban J connectivity index is 1.52. The van der Waals surface area contributed by atoms with E-state index in [1.165, 1.54) is 18.4 Å². The van der Waals surface area contributed by atoms with Crippen molar-refractivity contribution >= 4 is 11.3 Å². The van der Waals surface area contributed by atoms with E-state index in [0.29, 0.717) is 6.04 Å². The summed E-state index contributed by atoms with van der Waals surface area (Å²) < 4.78 is 11.0. The average Bonchev–Trinajstić information content (AvgIpc) is 3.47. The first kappa shape index (κ1) is 18.0. The van der Waals surface area contributed by atoms with Crippen molar-refractivity contribution in [3.05, 3.63) is 65.2 Å². The highest BCUT2D eigenvalue weighted by molar-refractivity contribution is 7.13. The van der Waals surface area contributed by atoms with Crippen molar-refractivity contribution in [3.63, 3.8) is 0 Å². The van der Waals surface area contributed by atoms with Crippen LogP contribution in [0.15, 0.2) is 53.9 Å². The number of benzene rings is 2. The molecule has 0 amide bonds. The second-order valence-corrected chi connectivity index (χ2v) is 7.68. The van der Waals surface area contributed by atoms with Gasteiger partial charge in [-0.15, -0.1) is 11.3 Å². The highest BCUT2D eigenvalue weighted by Crippen LogP contribution is 2.33. The van der Waals surface area contributed by atoms with Gasteiger partial charge in [0, 0.05) is 35.6 Å². The number of hydrogen-bond acceptors (Lipinski definition) is 5. The van der Waals surface area contributed by atoms with E-state index in [2.05, 4.69) is 40.6 Å². The van der Waals surface area contributed by atoms with Crippen LogP contribution in [0.25, 0.3) is 10.6 Å². The van der Waals surface area contributed by atoms with E-state index in [4.69, 9.17) is 14.5 Å². The van der Waals surface area contributed by atoms with Crippen LogP contribution in [0.3, 0.4) is 0 Å². The van der Waals surface area contributed by atoms with Gasteiger partial charge in [-0.3, -0.25) is 4.90 Å². The summed E-state index contributed by atoms with van der Waals surface area (Å²) in [6.07, 6.45) is 2.50. The van der Waals surface area contributed by atoms with Gasteiger partial charge in [0.05, 0.1) is 19.9 Å². The van der Waals surface area contributed by atoms with Gasteiger partial charge in [-0.2, -0.15) is 0 Å². The SMILES string of the molecule is COc1ccc(OC)c(CN(Cc2csc(-c3ccccc3)n2)C2CC2)c1. The van der Waals surface area contributed by atoms with E-state index in [0.717, 1.165) is 40.9 Å². The lowest BCUT2D eigenvalue weighted by molar-refractivity contribution is 0.239. The van der Waals surface area contributed by atoms with Crippen LogP contribution in [0.4, 0.5) is 0 Å². The fraction of sp³-hybridized carbons (Fsp3) is 0.318. The molecule has 1 fully saturated rings. The maximum atomic E-state index is 5.56. The summed E-state index contributed by atoms with van der Waals surface area (Å²) in [5.74, 6) is 1.77. The molecule has 0 atom stereocenters. The third-order valence-electron chi connectivity index (χ3n) is 4.86. The predicted molar refractivity (Wildman–Crippen MR) is 109 cm³/mol. The van der Waals surface area contributed by atoms with Gasteiger partial charge in [0.2, 0.25) is 0 Å². The van der Waals surface area contributed by atoms with Crippen LogP contribution >= 0.6 is 11.3 Å². The Labute approximate surface area is 164 Å². The Hall–Kier alpha value is -2.37. The molecular weight excluding hydrogens is 356 g/mol. The van der Waals surface area contributed by atoms with Crippen molar-refractivity contribution in [2.24, 2.45) is 0 Å². The Morgan fingerprint density at radius 3 is 2.56 bits per heavy atom. The summed E-state index contributed by atoms with van der Waals surface area (Å²) in [5, 5.41) is 3.26. The minimum absolute atomic E-state index is 0.628. The molecule has 0 aliphatic heterocycles. The van der Waals surface area contributed by atoms with E-state index in [1.54, 1.807) is 25.6 Å². The Bertz CT molecular complexity index is 890. The van der Waals surface area contributed by atoms with Gasteiger partial charge in [-0.1, -0.05) is 30.3 Å². The van der Waals surface area contributed by atoms with Crippen LogP contribution in [0.2, 0.25) is 0 Å². The summed E-state index contributed by atoms with van der Waals surface area (Å²) in [6, 6.07) is 17.0. The van der Waals surface area contributed by atoms with E-state index in [1.807, 2.05) is 18.2 Å². The molecule has 0 radical (unpaired) electrons. The first-order valence-corrected chi connectivity index (χ1v) is 10.1. The monoisotopic (exact) mass is 380 g/mol. The van der Waals surface area contributed by atoms with Crippen molar-refractivity contribution in [1.29, 1.82) is 0 Å². The normalized spacial score (nSPS) is 13.7. The number of nitrogens with zero attached hydrogens (tertiary/aromatic N) is 2. The van der Waals surface area contributed by atoms with Crippen molar-refractivity contribution in [3.8, 4) is 22.1 Å². The molecule has 1 heterocycles. The molecule has 3 aromatic rings. The molecule has 0 saturated heterocycles. The molecule has 27 heavy (non-hydrogen) atoms. The summed E-state index contributed by atoms with van der Waals surface area (Å²) in [7, 11) is 3.42. The van der Waals surface area contributed by atoms with Gasteiger partial charge < -0.3 is 9.47 Å². The minimum atomic E-state index is 0.628. The molecule has 5 heteroatoms. The van der Waals surface area contributed by atoms with Crippen molar-refractivity contribution in [2.45, 2.75) is 32.0 Å². The van der Waals surface area contributed by atoms with Crippen LogP contribution in [-0.2, 0) is 13.1 Å². The minimum Gasteiger partial charge on any atom is -0.497 e. The third-order valence-corrected chi connectivity index (χ3v) is 5.80. The van der Waals surface area contributed by atoms with Gasteiger partial charge in [0.25, 0.3) is 0 Å². The van der Waals surface area contributed by atoms with Gasteiger partial charge in [0.1, 0.15) is 16.5 Å². The van der Waals surface area contributed by atoms with E-state index in [9.17, 15) is 0 Å². The third kappa shape index (κ3) is 4.31. The highest BCUT2D eigenvalue weighted by Gasteiger charge is 2.30. The molecule has 1 aliphatic carbocycles. The molecule has 4 rings (SSSR count). The van der Waals surface area contributed by atoms with Gasteiger partial charge >= 0.3 is 0 Å². The molecule has 1 aliphatic rings. The summed E-state index contributed by atoms with van der Waals surface area (Å²) in [6.45, 7) is 1.69. The fourth-order valence-corrected chi connectivity index (χ4v) is 4.10. The average molecular weight is 381 g/mol. The Kier molecular flexibility index (Phi) is 5.41. The highest BCUT2D eigenvalue weighted by atomic mass is 32.1. The quantitative estimate of drug-likeness (QED) is 0.551. The van der Waals surface area contributed by atoms with Crippen LogP contribution < -0.4 is 9.47 Å². The first-order valence-electron chi connectivity index (χ1n) is 9.21. The summed E-state index contributed by atoms with van der Waals surface area (Å²) in [5.41, 5.74) is 3.47. The zero-order chi connectivity index (χ0) is 18.6. The van der Waals surface area contributed by atoms with E-state index < -0.39 is 0 Å². The number of rotatable bonds is 8.